The third kappa shape index (κ3) is 7.94. The molecule has 0 unspecified atom stereocenters. The first-order valence-electron chi connectivity index (χ1n) is 8.77. The zero-order valence-corrected chi connectivity index (χ0v) is 17.2. The van der Waals surface area contributed by atoms with E-state index in [1.807, 2.05) is 24.0 Å². The molecule has 1 aliphatic rings. The van der Waals surface area contributed by atoms with Gasteiger partial charge in [0.1, 0.15) is 12.3 Å². The van der Waals surface area contributed by atoms with E-state index in [1.165, 1.54) is 5.56 Å². The van der Waals surface area contributed by atoms with Crippen LogP contribution in [0.2, 0.25) is 0 Å². The lowest BCUT2D eigenvalue weighted by molar-refractivity contribution is -0.128. The van der Waals surface area contributed by atoms with Gasteiger partial charge in [-0.15, -0.1) is 24.0 Å². The van der Waals surface area contributed by atoms with Gasteiger partial charge < -0.3 is 20.6 Å². The van der Waals surface area contributed by atoms with Crippen LogP contribution in [0.25, 0.3) is 0 Å². The van der Waals surface area contributed by atoms with Crippen molar-refractivity contribution >= 4 is 35.8 Å². The summed E-state index contributed by atoms with van der Waals surface area (Å²) in [7, 11) is 0. The van der Waals surface area contributed by atoms with Gasteiger partial charge in [0, 0.05) is 26.2 Å². The number of likely N-dealkylation sites (tertiary alicyclic amines) is 1. The van der Waals surface area contributed by atoms with Crippen molar-refractivity contribution in [3.8, 4) is 5.75 Å². The molecule has 1 amide bonds. The SMILES string of the molecule is CCNC(=NCC(=O)N1CCCC1)NCCCc1ccc(O)cc1.I. The van der Waals surface area contributed by atoms with Gasteiger partial charge in [0.25, 0.3) is 0 Å². The van der Waals surface area contributed by atoms with Crippen molar-refractivity contribution in [2.45, 2.75) is 32.6 Å². The van der Waals surface area contributed by atoms with E-state index in [9.17, 15) is 9.90 Å². The number of aryl methyl sites for hydroxylation is 1. The maximum atomic E-state index is 12.0. The fourth-order valence-electron chi connectivity index (χ4n) is 2.72. The average Bonchev–Trinajstić information content (AvgIpc) is 3.12. The van der Waals surface area contributed by atoms with Gasteiger partial charge in [-0.2, -0.15) is 0 Å². The van der Waals surface area contributed by atoms with Gasteiger partial charge in [0.2, 0.25) is 5.91 Å². The molecular formula is C18H29IN4O2. The molecule has 0 atom stereocenters. The molecule has 0 radical (unpaired) electrons. The number of aromatic hydroxyl groups is 1. The first-order chi connectivity index (χ1) is 11.7. The van der Waals surface area contributed by atoms with Crippen LogP contribution in [0.4, 0.5) is 0 Å². The van der Waals surface area contributed by atoms with E-state index >= 15 is 0 Å². The molecule has 1 aromatic rings. The summed E-state index contributed by atoms with van der Waals surface area (Å²) in [6, 6.07) is 7.28. The van der Waals surface area contributed by atoms with E-state index < -0.39 is 0 Å². The van der Waals surface area contributed by atoms with Gasteiger partial charge in [0.15, 0.2) is 5.96 Å². The third-order valence-corrected chi connectivity index (χ3v) is 4.05. The maximum Gasteiger partial charge on any atom is 0.244 e. The van der Waals surface area contributed by atoms with Crippen molar-refractivity contribution in [1.29, 1.82) is 0 Å². The minimum atomic E-state index is 0. The summed E-state index contributed by atoms with van der Waals surface area (Å²) >= 11 is 0. The van der Waals surface area contributed by atoms with Gasteiger partial charge in [-0.1, -0.05) is 12.1 Å². The fraction of sp³-hybridized carbons (Fsp3) is 0.556. The van der Waals surface area contributed by atoms with Crippen molar-refractivity contribution in [3.63, 3.8) is 0 Å². The molecule has 2 rings (SSSR count). The standard InChI is InChI=1S/C18H28N4O2.HI/c1-2-19-18(21-14-17(24)22-12-3-4-13-22)20-11-5-6-15-7-9-16(23)10-8-15;/h7-10,23H,2-6,11-14H2,1H3,(H2,19,20,21);1H. The highest BCUT2D eigenvalue weighted by atomic mass is 127. The minimum Gasteiger partial charge on any atom is -0.508 e. The number of carbonyl (C=O) groups is 1. The molecule has 0 spiro atoms. The maximum absolute atomic E-state index is 12.0. The molecule has 0 aromatic heterocycles. The van der Waals surface area contributed by atoms with Crippen molar-refractivity contribution < 1.29 is 9.90 Å². The summed E-state index contributed by atoms with van der Waals surface area (Å²) in [5, 5.41) is 15.7. The summed E-state index contributed by atoms with van der Waals surface area (Å²) < 4.78 is 0. The monoisotopic (exact) mass is 460 g/mol. The molecule has 1 aliphatic heterocycles. The Hall–Kier alpha value is -1.51. The molecule has 0 bridgehead atoms. The van der Waals surface area contributed by atoms with E-state index in [0.717, 1.165) is 51.9 Å². The van der Waals surface area contributed by atoms with Crippen LogP contribution in [0.1, 0.15) is 31.7 Å². The molecule has 1 heterocycles. The molecule has 0 saturated carbocycles. The van der Waals surface area contributed by atoms with E-state index in [4.69, 9.17) is 0 Å². The predicted octanol–water partition coefficient (Wildman–Crippen LogP) is 2.12. The number of halogens is 1. The van der Waals surface area contributed by atoms with Crippen LogP contribution in [0, 0.1) is 0 Å². The lowest BCUT2D eigenvalue weighted by Crippen LogP contribution is -2.39. The number of guanidine groups is 1. The number of nitrogens with zero attached hydrogens (tertiary/aromatic N) is 2. The molecule has 140 valence electrons. The second-order valence-electron chi connectivity index (χ2n) is 5.98. The highest BCUT2D eigenvalue weighted by molar-refractivity contribution is 14.0. The quantitative estimate of drug-likeness (QED) is 0.252. The van der Waals surface area contributed by atoms with Crippen LogP contribution in [0.5, 0.6) is 5.75 Å². The van der Waals surface area contributed by atoms with Gasteiger partial charge >= 0.3 is 0 Å². The van der Waals surface area contributed by atoms with E-state index in [-0.39, 0.29) is 36.4 Å². The normalized spacial score (nSPS) is 14.1. The van der Waals surface area contributed by atoms with Gasteiger partial charge in [-0.3, -0.25) is 4.79 Å². The molecule has 7 heteroatoms. The number of benzene rings is 1. The number of carbonyl (C=O) groups excluding carboxylic acids is 1. The predicted molar refractivity (Wildman–Crippen MR) is 112 cm³/mol. The van der Waals surface area contributed by atoms with Crippen LogP contribution >= 0.6 is 24.0 Å². The number of rotatable bonds is 7. The largest absolute Gasteiger partial charge is 0.508 e. The summed E-state index contributed by atoms with van der Waals surface area (Å²) in [5.74, 6) is 1.09. The molecular weight excluding hydrogens is 431 g/mol. The van der Waals surface area contributed by atoms with Crippen molar-refractivity contribution in [2.75, 3.05) is 32.7 Å². The Bertz CT molecular complexity index is 543. The highest BCUT2D eigenvalue weighted by Gasteiger charge is 2.17. The smallest absolute Gasteiger partial charge is 0.244 e. The number of phenols is 1. The first kappa shape index (κ1) is 21.5. The molecule has 3 N–H and O–H groups in total. The van der Waals surface area contributed by atoms with Crippen LogP contribution in [0.3, 0.4) is 0 Å². The van der Waals surface area contributed by atoms with Crippen LogP contribution in [-0.4, -0.2) is 54.6 Å². The summed E-state index contributed by atoms with van der Waals surface area (Å²) in [5.41, 5.74) is 1.20. The number of hydrogen-bond acceptors (Lipinski definition) is 3. The number of phenolic OH excluding ortho intramolecular Hbond substituents is 1. The minimum absolute atomic E-state index is 0. The van der Waals surface area contributed by atoms with Crippen LogP contribution in [0.15, 0.2) is 29.3 Å². The highest BCUT2D eigenvalue weighted by Crippen LogP contribution is 2.10. The Morgan fingerprint density at radius 2 is 1.88 bits per heavy atom. The summed E-state index contributed by atoms with van der Waals surface area (Å²) in [6.45, 7) is 5.49. The molecule has 1 saturated heterocycles. The van der Waals surface area contributed by atoms with Crippen LogP contribution in [-0.2, 0) is 11.2 Å². The second-order valence-corrected chi connectivity index (χ2v) is 5.98. The zero-order chi connectivity index (χ0) is 17.2. The summed E-state index contributed by atoms with van der Waals surface area (Å²) in [4.78, 5) is 18.3. The lowest BCUT2D eigenvalue weighted by Gasteiger charge is -2.15. The Kier molecular flexibility index (Phi) is 10.3. The zero-order valence-electron chi connectivity index (χ0n) is 14.8. The van der Waals surface area contributed by atoms with Crippen molar-refractivity contribution in [2.24, 2.45) is 4.99 Å². The Balaban J connectivity index is 0.00000312. The van der Waals surface area contributed by atoms with Gasteiger partial charge in [0.05, 0.1) is 0 Å². The van der Waals surface area contributed by atoms with E-state index in [2.05, 4.69) is 15.6 Å². The Labute approximate surface area is 167 Å². The number of nitrogens with one attached hydrogen (secondary N) is 2. The third-order valence-electron chi connectivity index (χ3n) is 4.05. The van der Waals surface area contributed by atoms with Crippen LogP contribution < -0.4 is 10.6 Å². The molecule has 6 nitrogen and oxygen atoms in total. The van der Waals surface area contributed by atoms with E-state index in [1.54, 1.807) is 12.1 Å². The molecule has 1 aromatic carbocycles. The van der Waals surface area contributed by atoms with Crippen molar-refractivity contribution in [1.82, 2.24) is 15.5 Å². The first-order valence-corrected chi connectivity index (χ1v) is 8.77. The lowest BCUT2D eigenvalue weighted by atomic mass is 10.1. The Morgan fingerprint density at radius 1 is 1.20 bits per heavy atom. The van der Waals surface area contributed by atoms with Gasteiger partial charge in [-0.05, 0) is 50.3 Å². The van der Waals surface area contributed by atoms with Gasteiger partial charge in [-0.25, -0.2) is 4.99 Å². The number of aliphatic imine (C=N–C) groups is 1. The number of hydrogen-bond donors (Lipinski definition) is 3. The average molecular weight is 460 g/mol. The van der Waals surface area contributed by atoms with Crippen molar-refractivity contribution in [3.05, 3.63) is 29.8 Å². The fourth-order valence-corrected chi connectivity index (χ4v) is 2.72. The number of amides is 1. The summed E-state index contributed by atoms with van der Waals surface area (Å²) in [6.07, 6.45) is 4.09. The second kappa shape index (κ2) is 11.9. The molecule has 1 fully saturated rings. The Morgan fingerprint density at radius 3 is 2.52 bits per heavy atom. The molecule has 0 aliphatic carbocycles. The topological polar surface area (TPSA) is 77.0 Å². The molecule has 25 heavy (non-hydrogen) atoms. The van der Waals surface area contributed by atoms with E-state index in [0.29, 0.717) is 11.7 Å².